The number of rotatable bonds is 4. The average Bonchev–Trinajstić information content (AvgIpc) is 2.59. The van der Waals surface area contributed by atoms with Crippen LogP contribution in [0.3, 0.4) is 0 Å². The Morgan fingerprint density at radius 1 is 0.909 bits per heavy atom. The van der Waals surface area contributed by atoms with Gasteiger partial charge >= 0.3 is 0 Å². The van der Waals surface area contributed by atoms with E-state index >= 15 is 0 Å². The molecule has 0 atom stereocenters. The molecule has 1 N–H and O–H groups in total. The summed E-state index contributed by atoms with van der Waals surface area (Å²) in [5.41, 5.74) is 0.864. The van der Waals surface area contributed by atoms with Gasteiger partial charge in [0.25, 0.3) is 0 Å². The number of hydrogen-bond acceptors (Lipinski definition) is 4. The topological polar surface area (TPSA) is 47.9 Å². The summed E-state index contributed by atoms with van der Waals surface area (Å²) in [5, 5.41) is 13.8. The molecule has 0 saturated heterocycles. The standard InChI is InChI=1S/C17H18O4Si/c1-19-16-7-14-11(9-18)5-10-3-4-12(21-22)6-13(10)15(14)8-17(16)20-2/h3-8,18H,9H2,1-2,22H3. The van der Waals surface area contributed by atoms with Crippen molar-refractivity contribution in [3.8, 4) is 17.2 Å². The number of aliphatic hydroxyl groups is 1. The molecule has 3 aromatic carbocycles. The van der Waals surface area contributed by atoms with Gasteiger partial charge in [-0.25, -0.2) is 0 Å². The summed E-state index contributed by atoms with van der Waals surface area (Å²) in [6.45, 7) is -0.0269. The van der Waals surface area contributed by atoms with Crippen molar-refractivity contribution in [3.63, 3.8) is 0 Å². The van der Waals surface area contributed by atoms with Crippen molar-refractivity contribution in [1.29, 1.82) is 0 Å². The molecule has 5 heteroatoms. The number of fused-ring (bicyclic) bond motifs is 3. The molecule has 3 aromatic rings. The highest BCUT2D eigenvalue weighted by Gasteiger charge is 2.12. The van der Waals surface area contributed by atoms with Crippen LogP contribution in [0.15, 0.2) is 36.4 Å². The van der Waals surface area contributed by atoms with Crippen molar-refractivity contribution >= 4 is 32.0 Å². The minimum Gasteiger partial charge on any atom is -0.553 e. The summed E-state index contributed by atoms with van der Waals surface area (Å²) < 4.78 is 16.2. The van der Waals surface area contributed by atoms with Crippen molar-refractivity contribution < 1.29 is 19.0 Å². The second-order valence-corrected chi connectivity index (χ2v) is 5.44. The molecule has 0 amide bonds. The minimum atomic E-state index is -0.0269. The van der Waals surface area contributed by atoms with Crippen molar-refractivity contribution in [3.05, 3.63) is 42.0 Å². The lowest BCUT2D eigenvalue weighted by molar-refractivity contribution is 0.283. The monoisotopic (exact) mass is 314 g/mol. The fraction of sp³-hybridized carbons (Fsp3) is 0.176. The molecule has 0 fully saturated rings. The zero-order valence-electron chi connectivity index (χ0n) is 12.8. The molecule has 0 radical (unpaired) electrons. The van der Waals surface area contributed by atoms with E-state index in [1.54, 1.807) is 14.2 Å². The summed E-state index contributed by atoms with van der Waals surface area (Å²) in [6.07, 6.45) is 0. The first-order chi connectivity index (χ1) is 10.7. The Labute approximate surface area is 131 Å². The summed E-state index contributed by atoms with van der Waals surface area (Å²) >= 11 is 0. The number of methoxy groups -OCH3 is 2. The van der Waals surface area contributed by atoms with E-state index in [0.29, 0.717) is 22.0 Å². The highest BCUT2D eigenvalue weighted by atomic mass is 28.2. The fourth-order valence-electron chi connectivity index (χ4n) is 2.79. The van der Waals surface area contributed by atoms with Crippen LogP contribution in [0.2, 0.25) is 0 Å². The molecule has 0 heterocycles. The van der Waals surface area contributed by atoms with Gasteiger partial charge in [-0.1, -0.05) is 6.07 Å². The van der Waals surface area contributed by atoms with Crippen LogP contribution in [0.5, 0.6) is 17.2 Å². The fourth-order valence-corrected chi connectivity index (χ4v) is 3.04. The average molecular weight is 314 g/mol. The Morgan fingerprint density at radius 2 is 1.59 bits per heavy atom. The van der Waals surface area contributed by atoms with Gasteiger partial charge in [-0.15, -0.1) is 0 Å². The molecule has 4 nitrogen and oxygen atoms in total. The molecule has 0 saturated carbocycles. The third kappa shape index (κ3) is 2.28. The van der Waals surface area contributed by atoms with Gasteiger partial charge in [0.15, 0.2) is 11.5 Å². The van der Waals surface area contributed by atoms with Gasteiger partial charge < -0.3 is 19.0 Å². The zero-order chi connectivity index (χ0) is 15.7. The number of aliphatic hydroxyl groups excluding tert-OH is 1. The van der Waals surface area contributed by atoms with E-state index in [9.17, 15) is 5.11 Å². The van der Waals surface area contributed by atoms with Crippen LogP contribution in [0, 0.1) is 0 Å². The first-order valence-corrected chi connectivity index (χ1v) is 7.79. The van der Waals surface area contributed by atoms with Crippen LogP contribution in [0.25, 0.3) is 21.5 Å². The van der Waals surface area contributed by atoms with E-state index < -0.39 is 0 Å². The summed E-state index contributed by atoms with van der Waals surface area (Å²) in [5.74, 6) is 2.18. The predicted octanol–water partition coefficient (Wildman–Crippen LogP) is 2.16. The Bertz CT molecular complexity index is 845. The van der Waals surface area contributed by atoms with Gasteiger partial charge in [-0.2, -0.15) is 0 Å². The van der Waals surface area contributed by atoms with E-state index in [2.05, 4.69) is 0 Å². The van der Waals surface area contributed by atoms with Crippen LogP contribution < -0.4 is 13.9 Å². The summed E-state index contributed by atoms with van der Waals surface area (Å²) in [4.78, 5) is 0. The molecule has 0 aromatic heterocycles. The summed E-state index contributed by atoms with van der Waals surface area (Å²) in [7, 11) is 3.87. The molecule has 3 rings (SSSR count). The predicted molar refractivity (Wildman–Crippen MR) is 91.0 cm³/mol. The molecule has 114 valence electrons. The smallest absolute Gasteiger partial charge is 0.204 e. The summed E-state index contributed by atoms with van der Waals surface area (Å²) in [6, 6.07) is 11.8. The van der Waals surface area contributed by atoms with Gasteiger partial charge in [0, 0.05) is 0 Å². The maximum absolute atomic E-state index is 9.69. The zero-order valence-corrected chi connectivity index (χ0v) is 14.8. The highest BCUT2D eigenvalue weighted by Crippen LogP contribution is 2.38. The maximum atomic E-state index is 9.69. The Hall–Kier alpha value is -2.24. The normalized spacial score (nSPS) is 11.0. The minimum absolute atomic E-state index is 0.0269. The third-order valence-electron chi connectivity index (χ3n) is 3.92. The third-order valence-corrected chi connectivity index (χ3v) is 4.39. The van der Waals surface area contributed by atoms with Crippen molar-refractivity contribution in [1.82, 2.24) is 0 Å². The van der Waals surface area contributed by atoms with E-state index in [4.69, 9.17) is 13.9 Å². The molecule has 0 aliphatic heterocycles. The maximum Gasteiger partial charge on any atom is 0.204 e. The van der Waals surface area contributed by atoms with Crippen LogP contribution >= 0.6 is 0 Å². The van der Waals surface area contributed by atoms with Crippen molar-refractivity contribution in [2.45, 2.75) is 6.61 Å². The highest BCUT2D eigenvalue weighted by molar-refractivity contribution is 6.11. The van der Waals surface area contributed by atoms with Gasteiger partial charge in [0.1, 0.15) is 5.75 Å². The van der Waals surface area contributed by atoms with Crippen molar-refractivity contribution in [2.24, 2.45) is 0 Å². The molecule has 22 heavy (non-hydrogen) atoms. The van der Waals surface area contributed by atoms with Crippen LogP contribution in [0.1, 0.15) is 5.56 Å². The number of ether oxygens (including phenoxy) is 2. The second-order valence-electron chi connectivity index (χ2n) is 5.03. The van der Waals surface area contributed by atoms with E-state index in [0.717, 1.165) is 32.9 Å². The molecule has 0 aliphatic rings. The molecular formula is C17H18O4Si. The number of hydrogen-bond donors (Lipinski definition) is 1. The van der Waals surface area contributed by atoms with E-state index in [-0.39, 0.29) is 6.61 Å². The molecule has 0 spiro atoms. The lowest BCUT2D eigenvalue weighted by Crippen LogP contribution is -1.94. The van der Waals surface area contributed by atoms with Gasteiger partial charge in [0.2, 0.25) is 10.5 Å². The molecule has 0 unspecified atom stereocenters. The second kappa shape index (κ2) is 5.86. The Kier molecular flexibility index (Phi) is 3.91. The van der Waals surface area contributed by atoms with Crippen LogP contribution in [0.4, 0.5) is 0 Å². The SMILES string of the molecule is COc1cc2c(CO)cc3ccc(O[SiH3])cc3c2cc1OC. The lowest BCUT2D eigenvalue weighted by atomic mass is 9.96. The van der Waals surface area contributed by atoms with Crippen LogP contribution in [-0.4, -0.2) is 29.8 Å². The quantitative estimate of drug-likeness (QED) is 0.592. The Morgan fingerprint density at radius 3 is 2.18 bits per heavy atom. The van der Waals surface area contributed by atoms with Gasteiger partial charge in [0.05, 0.1) is 20.8 Å². The number of benzene rings is 3. The molecule has 0 bridgehead atoms. The first kappa shape index (κ1) is 14.7. The Balaban J connectivity index is 2.46. The van der Waals surface area contributed by atoms with Gasteiger partial charge in [-0.05, 0) is 57.4 Å². The molecular weight excluding hydrogens is 296 g/mol. The van der Waals surface area contributed by atoms with E-state index in [1.807, 2.05) is 36.4 Å². The van der Waals surface area contributed by atoms with E-state index in [1.165, 1.54) is 0 Å². The van der Waals surface area contributed by atoms with Gasteiger partial charge in [-0.3, -0.25) is 0 Å². The largest absolute Gasteiger partial charge is 0.553 e. The van der Waals surface area contributed by atoms with Crippen LogP contribution in [-0.2, 0) is 6.61 Å². The van der Waals surface area contributed by atoms with Crippen molar-refractivity contribution in [2.75, 3.05) is 14.2 Å². The first-order valence-electron chi connectivity index (χ1n) is 6.98. The molecule has 0 aliphatic carbocycles. The lowest BCUT2D eigenvalue weighted by Gasteiger charge is -2.14.